The Hall–Kier alpha value is -2.34. The summed E-state index contributed by atoms with van der Waals surface area (Å²) in [5.74, 6) is -0.0526. The molecule has 0 saturated heterocycles. The highest BCUT2D eigenvalue weighted by molar-refractivity contribution is 7.14. The van der Waals surface area contributed by atoms with Crippen molar-refractivity contribution in [3.63, 3.8) is 0 Å². The second kappa shape index (κ2) is 7.70. The number of hydrogen-bond acceptors (Lipinski definition) is 5. The van der Waals surface area contributed by atoms with E-state index in [4.69, 9.17) is 9.47 Å². The SMILES string of the molecule is COc1ccccc1CNC(=O)[C@@H](C)OC(=O)c1cc2c(s1)CCC2. The standard InChI is InChI=1S/C19H21NO4S/c1-12(18(21)20-11-14-6-3-4-8-15(14)23-2)24-19(22)17-10-13-7-5-9-16(13)25-17/h3-4,6,8,10,12H,5,7,9,11H2,1-2H3,(H,20,21)/t12-/m1/s1. The highest BCUT2D eigenvalue weighted by Crippen LogP contribution is 2.31. The van der Waals surface area contributed by atoms with Gasteiger partial charge >= 0.3 is 5.97 Å². The van der Waals surface area contributed by atoms with Gasteiger partial charge in [-0.15, -0.1) is 11.3 Å². The molecule has 5 nitrogen and oxygen atoms in total. The van der Waals surface area contributed by atoms with Crippen LogP contribution in [0.3, 0.4) is 0 Å². The lowest BCUT2D eigenvalue weighted by Crippen LogP contribution is -2.35. The first-order chi connectivity index (χ1) is 12.1. The maximum Gasteiger partial charge on any atom is 0.349 e. The molecule has 0 fully saturated rings. The Balaban J connectivity index is 1.54. The molecule has 0 radical (unpaired) electrons. The fourth-order valence-electron chi connectivity index (χ4n) is 2.88. The molecule has 132 valence electrons. The smallest absolute Gasteiger partial charge is 0.349 e. The van der Waals surface area contributed by atoms with Gasteiger partial charge in [0.2, 0.25) is 0 Å². The summed E-state index contributed by atoms with van der Waals surface area (Å²) in [6.45, 7) is 1.90. The first-order valence-corrected chi connectivity index (χ1v) is 9.12. The quantitative estimate of drug-likeness (QED) is 0.805. The van der Waals surface area contributed by atoms with Crippen molar-refractivity contribution in [2.75, 3.05) is 7.11 Å². The van der Waals surface area contributed by atoms with E-state index in [0.29, 0.717) is 17.2 Å². The Bertz CT molecular complexity index is 762. The minimum atomic E-state index is -0.848. The number of esters is 1. The highest BCUT2D eigenvalue weighted by Gasteiger charge is 2.23. The molecule has 0 unspecified atom stereocenters. The van der Waals surface area contributed by atoms with E-state index >= 15 is 0 Å². The van der Waals surface area contributed by atoms with Crippen molar-refractivity contribution in [2.24, 2.45) is 0 Å². The van der Waals surface area contributed by atoms with Crippen LogP contribution in [0.4, 0.5) is 0 Å². The zero-order valence-corrected chi connectivity index (χ0v) is 15.2. The second-order valence-corrected chi connectivity index (χ2v) is 7.13. The summed E-state index contributed by atoms with van der Waals surface area (Å²) >= 11 is 1.48. The van der Waals surface area contributed by atoms with Crippen molar-refractivity contribution >= 4 is 23.2 Å². The van der Waals surface area contributed by atoms with Crippen LogP contribution in [0.1, 0.15) is 39.0 Å². The Kier molecular flexibility index (Phi) is 5.38. The van der Waals surface area contributed by atoms with Gasteiger partial charge in [0.15, 0.2) is 6.10 Å². The molecule has 1 amide bonds. The third-order valence-electron chi connectivity index (χ3n) is 4.25. The Labute approximate surface area is 151 Å². The van der Waals surface area contributed by atoms with E-state index in [2.05, 4.69) is 5.32 Å². The number of para-hydroxylation sites is 1. The van der Waals surface area contributed by atoms with Crippen LogP contribution in [0.5, 0.6) is 5.75 Å². The number of fused-ring (bicyclic) bond motifs is 1. The van der Waals surface area contributed by atoms with E-state index in [1.165, 1.54) is 21.8 Å². The molecule has 25 heavy (non-hydrogen) atoms. The minimum Gasteiger partial charge on any atom is -0.496 e. The van der Waals surface area contributed by atoms with E-state index in [1.54, 1.807) is 14.0 Å². The molecule has 6 heteroatoms. The number of amides is 1. The van der Waals surface area contributed by atoms with Crippen molar-refractivity contribution in [1.29, 1.82) is 0 Å². The summed E-state index contributed by atoms with van der Waals surface area (Å²) in [5, 5.41) is 2.78. The largest absolute Gasteiger partial charge is 0.496 e. The normalized spacial score (nSPS) is 13.8. The van der Waals surface area contributed by atoms with E-state index in [0.717, 1.165) is 24.8 Å². The van der Waals surface area contributed by atoms with Crippen LogP contribution < -0.4 is 10.1 Å². The predicted molar refractivity (Wildman–Crippen MR) is 96.1 cm³/mol. The molecule has 1 aromatic carbocycles. The average molecular weight is 359 g/mol. The fourth-order valence-corrected chi connectivity index (χ4v) is 4.01. The van der Waals surface area contributed by atoms with E-state index in [-0.39, 0.29) is 5.91 Å². The van der Waals surface area contributed by atoms with Crippen LogP contribution in [-0.2, 0) is 28.9 Å². The summed E-state index contributed by atoms with van der Waals surface area (Å²) in [4.78, 5) is 26.3. The predicted octanol–water partition coefficient (Wildman–Crippen LogP) is 3.11. The molecule has 1 aliphatic rings. The summed E-state index contributed by atoms with van der Waals surface area (Å²) in [5.41, 5.74) is 2.11. The summed E-state index contributed by atoms with van der Waals surface area (Å²) in [6.07, 6.45) is 2.35. The molecule has 3 rings (SSSR count). The third-order valence-corrected chi connectivity index (χ3v) is 5.46. The van der Waals surface area contributed by atoms with Gasteiger partial charge in [-0.3, -0.25) is 4.79 Å². The van der Waals surface area contributed by atoms with Gasteiger partial charge in [-0.1, -0.05) is 18.2 Å². The van der Waals surface area contributed by atoms with Crippen LogP contribution in [0.25, 0.3) is 0 Å². The summed E-state index contributed by atoms with van der Waals surface area (Å²) < 4.78 is 10.6. The Morgan fingerprint density at radius 3 is 2.84 bits per heavy atom. The van der Waals surface area contributed by atoms with Crippen molar-refractivity contribution < 1.29 is 19.1 Å². The molecule has 0 spiro atoms. The molecule has 1 aliphatic carbocycles. The lowest BCUT2D eigenvalue weighted by atomic mass is 10.2. The lowest BCUT2D eigenvalue weighted by Gasteiger charge is -2.14. The molecule has 1 atom stereocenters. The molecular weight excluding hydrogens is 338 g/mol. The molecule has 1 aromatic heterocycles. The van der Waals surface area contributed by atoms with Crippen molar-refractivity contribution in [1.82, 2.24) is 5.32 Å². The van der Waals surface area contributed by atoms with Crippen molar-refractivity contribution in [3.05, 3.63) is 51.2 Å². The summed E-state index contributed by atoms with van der Waals surface area (Å²) in [7, 11) is 1.59. The number of hydrogen-bond donors (Lipinski definition) is 1. The molecule has 0 aliphatic heterocycles. The Morgan fingerprint density at radius 1 is 1.28 bits per heavy atom. The van der Waals surface area contributed by atoms with E-state index in [1.807, 2.05) is 30.3 Å². The van der Waals surface area contributed by atoms with Gasteiger partial charge in [0, 0.05) is 17.0 Å². The van der Waals surface area contributed by atoms with E-state index in [9.17, 15) is 9.59 Å². The first kappa shape index (κ1) is 17.5. The molecular formula is C19H21NO4S. The number of nitrogens with one attached hydrogen (secondary N) is 1. The third kappa shape index (κ3) is 4.02. The number of carbonyl (C=O) groups excluding carboxylic acids is 2. The maximum absolute atomic E-state index is 12.2. The van der Waals surface area contributed by atoms with Gasteiger partial charge in [0.1, 0.15) is 10.6 Å². The van der Waals surface area contributed by atoms with Crippen LogP contribution in [0.2, 0.25) is 0 Å². The number of methoxy groups -OCH3 is 1. The van der Waals surface area contributed by atoms with Gasteiger partial charge < -0.3 is 14.8 Å². The molecule has 1 heterocycles. The number of thiophene rings is 1. The number of rotatable bonds is 6. The molecule has 2 aromatic rings. The van der Waals surface area contributed by atoms with Crippen LogP contribution >= 0.6 is 11.3 Å². The highest BCUT2D eigenvalue weighted by atomic mass is 32.1. The van der Waals surface area contributed by atoms with Crippen molar-refractivity contribution in [2.45, 2.75) is 38.8 Å². The number of ether oxygens (including phenoxy) is 2. The molecule has 0 saturated carbocycles. The Morgan fingerprint density at radius 2 is 2.08 bits per heavy atom. The molecule has 1 N–H and O–H groups in total. The van der Waals surface area contributed by atoms with Crippen LogP contribution in [0, 0.1) is 0 Å². The fraction of sp³-hybridized carbons (Fsp3) is 0.368. The summed E-state index contributed by atoms with van der Waals surface area (Å²) in [6, 6.07) is 9.36. The zero-order chi connectivity index (χ0) is 17.8. The number of carbonyl (C=O) groups is 2. The van der Waals surface area contributed by atoms with Crippen LogP contribution in [0.15, 0.2) is 30.3 Å². The topological polar surface area (TPSA) is 64.6 Å². The van der Waals surface area contributed by atoms with Crippen LogP contribution in [-0.4, -0.2) is 25.1 Å². The van der Waals surface area contributed by atoms with Gasteiger partial charge in [-0.2, -0.15) is 0 Å². The zero-order valence-electron chi connectivity index (χ0n) is 14.3. The monoisotopic (exact) mass is 359 g/mol. The number of benzene rings is 1. The van der Waals surface area contributed by atoms with Gasteiger partial charge in [0.05, 0.1) is 7.11 Å². The van der Waals surface area contributed by atoms with Crippen molar-refractivity contribution in [3.8, 4) is 5.75 Å². The second-order valence-electron chi connectivity index (χ2n) is 5.99. The number of aryl methyl sites for hydroxylation is 2. The lowest BCUT2D eigenvalue weighted by molar-refractivity contribution is -0.129. The van der Waals surface area contributed by atoms with Gasteiger partial charge in [-0.25, -0.2) is 4.79 Å². The van der Waals surface area contributed by atoms with E-state index < -0.39 is 12.1 Å². The average Bonchev–Trinajstić information content (AvgIpc) is 3.21. The maximum atomic E-state index is 12.2. The molecule has 0 bridgehead atoms. The minimum absolute atomic E-state index is 0.317. The van der Waals surface area contributed by atoms with Gasteiger partial charge in [-0.05, 0) is 43.9 Å². The first-order valence-electron chi connectivity index (χ1n) is 8.30. The van der Waals surface area contributed by atoms with Gasteiger partial charge in [0.25, 0.3) is 5.91 Å².